The molecule has 2 aromatic heterocycles. The van der Waals surface area contributed by atoms with Gasteiger partial charge in [-0.2, -0.15) is 0 Å². The molecule has 0 saturated carbocycles. The summed E-state index contributed by atoms with van der Waals surface area (Å²) in [6, 6.07) is 11.8. The van der Waals surface area contributed by atoms with Crippen molar-refractivity contribution < 1.29 is 33.4 Å². The third-order valence-corrected chi connectivity index (χ3v) is 10.2. The summed E-state index contributed by atoms with van der Waals surface area (Å²) in [7, 11) is 1.72. The van der Waals surface area contributed by atoms with Crippen LogP contribution in [0.25, 0.3) is 11.5 Å². The first-order chi connectivity index (χ1) is 25.7. The quantitative estimate of drug-likeness (QED) is 0.0743. The fourth-order valence-corrected chi connectivity index (χ4v) is 7.13. The summed E-state index contributed by atoms with van der Waals surface area (Å²) in [6.45, 7) is 4.53. The lowest BCUT2D eigenvalue weighted by Crippen LogP contribution is -2.29. The first-order valence-electron chi connectivity index (χ1n) is 18.8. The Morgan fingerprint density at radius 3 is 2.21 bits per heavy atom. The predicted octanol–water partition coefficient (Wildman–Crippen LogP) is 9.42. The maximum absolute atomic E-state index is 13.6. The minimum atomic E-state index is -0.921. The lowest BCUT2D eigenvalue weighted by atomic mass is 9.97. The van der Waals surface area contributed by atoms with E-state index in [1.54, 1.807) is 66.7 Å². The van der Waals surface area contributed by atoms with Crippen LogP contribution in [0.4, 0.5) is 5.13 Å². The van der Waals surface area contributed by atoms with Crippen molar-refractivity contribution in [1.29, 1.82) is 0 Å². The van der Waals surface area contributed by atoms with Crippen LogP contribution in [0.2, 0.25) is 0 Å². The van der Waals surface area contributed by atoms with Crippen molar-refractivity contribution in [2.24, 2.45) is 0 Å². The van der Waals surface area contributed by atoms with Crippen LogP contribution >= 0.6 is 11.3 Å². The molecule has 4 aromatic rings. The van der Waals surface area contributed by atoms with Gasteiger partial charge in [0.25, 0.3) is 11.8 Å². The highest BCUT2D eigenvalue weighted by molar-refractivity contribution is 7.14. The van der Waals surface area contributed by atoms with Crippen LogP contribution in [0.15, 0.2) is 52.3 Å². The SMILES string of the molecule is CCCCCCCCCCCCCCC(C(=O)O)c1csc(NC(=O)c2cc(Oc3ccc(-c4nnc(C)o4)cc3)cc(OC3CCN(C)C3=O)c2)n1. The fourth-order valence-electron chi connectivity index (χ4n) is 6.37. The molecular formula is C40H51N5O7S. The highest BCUT2D eigenvalue weighted by Crippen LogP contribution is 2.32. The maximum atomic E-state index is 13.6. The smallest absolute Gasteiger partial charge is 0.312 e. The molecule has 1 aliphatic rings. The number of thiazole rings is 1. The van der Waals surface area contributed by atoms with Crippen molar-refractivity contribution in [2.75, 3.05) is 18.9 Å². The summed E-state index contributed by atoms with van der Waals surface area (Å²) in [5.41, 5.74) is 1.38. The van der Waals surface area contributed by atoms with Crippen LogP contribution < -0.4 is 14.8 Å². The number of carboxylic acid groups (broad SMARTS) is 1. The van der Waals surface area contributed by atoms with E-state index in [2.05, 4.69) is 27.4 Å². The zero-order valence-corrected chi connectivity index (χ0v) is 31.8. The highest BCUT2D eigenvalue weighted by Gasteiger charge is 2.31. The Bertz CT molecular complexity index is 1790. The van der Waals surface area contributed by atoms with Crippen molar-refractivity contribution in [3.05, 3.63) is 65.0 Å². The van der Waals surface area contributed by atoms with Crippen LogP contribution in [0, 0.1) is 6.92 Å². The van der Waals surface area contributed by atoms with Crippen LogP contribution in [0.5, 0.6) is 17.2 Å². The van der Waals surface area contributed by atoms with Crippen molar-refractivity contribution in [1.82, 2.24) is 20.1 Å². The number of ether oxygens (including phenoxy) is 2. The lowest BCUT2D eigenvalue weighted by Gasteiger charge is -2.15. The van der Waals surface area contributed by atoms with E-state index >= 15 is 0 Å². The first-order valence-corrected chi connectivity index (χ1v) is 19.7. The Hall–Kier alpha value is -4.78. The van der Waals surface area contributed by atoms with Crippen molar-refractivity contribution in [3.63, 3.8) is 0 Å². The van der Waals surface area contributed by atoms with Gasteiger partial charge in [-0.15, -0.1) is 21.5 Å². The summed E-state index contributed by atoms with van der Waals surface area (Å²) < 4.78 is 17.7. The number of aryl methyl sites for hydroxylation is 1. The van der Waals surface area contributed by atoms with Gasteiger partial charge in [-0.05, 0) is 42.8 Å². The molecule has 2 amide bonds. The molecule has 1 fully saturated rings. The summed E-state index contributed by atoms with van der Waals surface area (Å²) in [5.74, 6) is -0.327. The topological polar surface area (TPSA) is 157 Å². The van der Waals surface area contributed by atoms with Gasteiger partial charge in [0.1, 0.15) is 17.2 Å². The molecule has 3 heterocycles. The molecule has 0 spiro atoms. The fraction of sp³-hybridized carbons (Fsp3) is 0.500. The molecule has 1 aliphatic heterocycles. The number of rotatable bonds is 22. The van der Waals surface area contributed by atoms with Crippen molar-refractivity contribution in [3.8, 4) is 28.7 Å². The third kappa shape index (κ3) is 11.9. The Morgan fingerprint density at radius 1 is 0.943 bits per heavy atom. The van der Waals surface area contributed by atoms with E-state index in [9.17, 15) is 19.5 Å². The third-order valence-electron chi connectivity index (χ3n) is 9.41. The van der Waals surface area contributed by atoms with Gasteiger partial charge in [0.2, 0.25) is 11.8 Å². The predicted molar refractivity (Wildman–Crippen MR) is 204 cm³/mol. The van der Waals surface area contributed by atoms with E-state index in [1.165, 1.54) is 69.1 Å². The summed E-state index contributed by atoms with van der Waals surface area (Å²) in [6.07, 6.45) is 14.9. The molecule has 0 aliphatic carbocycles. The number of hydrogen-bond donors (Lipinski definition) is 2. The number of carbonyl (C=O) groups is 3. The summed E-state index contributed by atoms with van der Waals surface area (Å²) in [4.78, 5) is 44.5. The minimum absolute atomic E-state index is 0.138. The molecule has 53 heavy (non-hydrogen) atoms. The van der Waals surface area contributed by atoms with E-state index in [0.717, 1.165) is 24.8 Å². The summed E-state index contributed by atoms with van der Waals surface area (Å²) in [5, 5.41) is 22.7. The van der Waals surface area contributed by atoms with Crippen molar-refractivity contribution >= 4 is 34.3 Å². The molecule has 0 radical (unpaired) electrons. The molecule has 2 unspecified atom stereocenters. The van der Waals surface area contributed by atoms with Crippen LogP contribution in [0.1, 0.15) is 125 Å². The largest absolute Gasteiger partial charge is 0.481 e. The number of hydrogen-bond acceptors (Lipinski definition) is 10. The van der Waals surface area contributed by atoms with E-state index in [4.69, 9.17) is 13.9 Å². The van der Waals surface area contributed by atoms with Gasteiger partial charge in [0.15, 0.2) is 11.2 Å². The monoisotopic (exact) mass is 745 g/mol. The molecule has 12 nitrogen and oxygen atoms in total. The van der Waals surface area contributed by atoms with E-state index in [-0.39, 0.29) is 11.5 Å². The van der Waals surface area contributed by atoms with Gasteiger partial charge in [0, 0.05) is 49.5 Å². The maximum Gasteiger partial charge on any atom is 0.312 e. The second kappa shape index (κ2) is 19.9. The first kappa shape index (κ1) is 39.4. The van der Waals surface area contributed by atoms with E-state index in [1.807, 2.05) is 0 Å². The number of aliphatic carboxylic acids is 1. The molecule has 13 heteroatoms. The van der Waals surface area contributed by atoms with E-state index < -0.39 is 23.9 Å². The van der Waals surface area contributed by atoms with Crippen LogP contribution in [0.3, 0.4) is 0 Å². The van der Waals surface area contributed by atoms with E-state index in [0.29, 0.717) is 59.2 Å². The minimum Gasteiger partial charge on any atom is -0.481 e. The number of unbranched alkanes of at least 4 members (excludes halogenated alkanes) is 11. The normalized spacial score (nSPS) is 14.7. The number of likely N-dealkylation sites (tertiary alicyclic amines) is 1. The average molecular weight is 746 g/mol. The van der Waals surface area contributed by atoms with Crippen LogP contribution in [-0.4, -0.2) is 62.7 Å². The average Bonchev–Trinajstić information content (AvgIpc) is 3.87. The molecule has 1 saturated heterocycles. The van der Waals surface area contributed by atoms with Gasteiger partial charge in [-0.25, -0.2) is 4.98 Å². The number of benzene rings is 2. The highest BCUT2D eigenvalue weighted by atomic mass is 32.1. The van der Waals surface area contributed by atoms with Crippen LogP contribution in [-0.2, 0) is 9.59 Å². The number of nitrogens with one attached hydrogen (secondary N) is 1. The van der Waals surface area contributed by atoms with Gasteiger partial charge in [0.05, 0.1) is 11.6 Å². The number of likely N-dealkylation sites (N-methyl/N-ethyl adjacent to an activating group) is 1. The summed E-state index contributed by atoms with van der Waals surface area (Å²) >= 11 is 1.18. The number of carboxylic acids is 1. The molecule has 2 aromatic carbocycles. The number of nitrogens with zero attached hydrogens (tertiary/aromatic N) is 4. The zero-order valence-electron chi connectivity index (χ0n) is 31.0. The molecule has 2 atom stereocenters. The second-order valence-corrected chi connectivity index (χ2v) is 14.6. The molecule has 0 bridgehead atoms. The number of anilines is 1. The Balaban J connectivity index is 1.18. The van der Waals surface area contributed by atoms with Gasteiger partial charge < -0.3 is 23.9 Å². The number of amides is 2. The van der Waals surface area contributed by atoms with Gasteiger partial charge in [-0.3, -0.25) is 19.7 Å². The molecule has 2 N–H and O–H groups in total. The van der Waals surface area contributed by atoms with Crippen molar-refractivity contribution in [2.45, 2.75) is 116 Å². The molecule has 284 valence electrons. The number of aromatic nitrogens is 3. The lowest BCUT2D eigenvalue weighted by molar-refractivity contribution is -0.139. The zero-order chi connectivity index (χ0) is 37.6. The van der Waals surface area contributed by atoms with Gasteiger partial charge >= 0.3 is 5.97 Å². The second-order valence-electron chi connectivity index (χ2n) is 13.7. The Labute approximate surface area is 315 Å². The Kier molecular flexibility index (Phi) is 14.8. The Morgan fingerprint density at radius 2 is 1.60 bits per heavy atom. The standard InChI is InChI=1S/C40H51N5O7S/c1-4-5-6-7-8-9-10-11-12-13-14-15-16-33(39(48)49)34-26-53-40(41-34)42-36(46)29-23-31(25-32(24-29)52-35-21-22-45(3)38(35)47)51-30-19-17-28(18-20-30)37-44-43-27(2)50-37/h17-20,23-26,33,35H,4-16,21-22H2,1-3H3,(H,48,49)(H,41,42,46). The molecular weight excluding hydrogens is 695 g/mol. The number of carbonyl (C=O) groups excluding carboxylic acids is 2. The molecule has 5 rings (SSSR count). The van der Waals surface area contributed by atoms with Gasteiger partial charge in [-0.1, -0.05) is 84.0 Å².